The van der Waals surface area contributed by atoms with E-state index < -0.39 is 0 Å². The van der Waals surface area contributed by atoms with Crippen molar-refractivity contribution in [3.05, 3.63) is 34.9 Å². The summed E-state index contributed by atoms with van der Waals surface area (Å²) in [5.41, 5.74) is 3.91. The molecule has 0 bridgehead atoms. The molecule has 2 rings (SSSR count). The number of hydrogen-bond acceptors (Lipinski definition) is 3. The van der Waals surface area contributed by atoms with Gasteiger partial charge in [-0.2, -0.15) is 0 Å². The van der Waals surface area contributed by atoms with Crippen LogP contribution in [0.2, 0.25) is 0 Å². The molecule has 1 aliphatic heterocycles. The van der Waals surface area contributed by atoms with Crippen molar-refractivity contribution in [2.24, 2.45) is 0 Å². The van der Waals surface area contributed by atoms with Crippen LogP contribution >= 0.6 is 0 Å². The standard InChI is InChI=1S/C14H20N2O2/c1-15(2)9-11-4-5-13-10-16(14(17)18-3)7-6-12(13)8-11/h4-5,8H,6-7,9-10H2,1-3H3. The Bertz CT molecular complexity index is 443. The van der Waals surface area contributed by atoms with Gasteiger partial charge in [-0.15, -0.1) is 0 Å². The molecule has 4 nitrogen and oxygen atoms in total. The molecule has 1 heterocycles. The topological polar surface area (TPSA) is 32.8 Å². The summed E-state index contributed by atoms with van der Waals surface area (Å²) in [5.74, 6) is 0. The Morgan fingerprint density at radius 2 is 2.17 bits per heavy atom. The van der Waals surface area contributed by atoms with Crippen LogP contribution < -0.4 is 0 Å². The third-order valence-electron chi connectivity index (χ3n) is 3.21. The van der Waals surface area contributed by atoms with Crippen molar-refractivity contribution in [3.63, 3.8) is 0 Å². The summed E-state index contributed by atoms with van der Waals surface area (Å²) >= 11 is 0. The molecular formula is C14H20N2O2. The maximum Gasteiger partial charge on any atom is 0.409 e. The minimum Gasteiger partial charge on any atom is -0.453 e. The van der Waals surface area contributed by atoms with E-state index in [9.17, 15) is 4.79 Å². The molecule has 98 valence electrons. The molecule has 1 aliphatic rings. The van der Waals surface area contributed by atoms with Gasteiger partial charge < -0.3 is 14.5 Å². The molecule has 0 aliphatic carbocycles. The number of benzene rings is 1. The highest BCUT2D eigenvalue weighted by molar-refractivity contribution is 5.68. The predicted octanol–water partition coefficient (Wildman–Crippen LogP) is 1.87. The SMILES string of the molecule is COC(=O)N1CCc2cc(CN(C)C)ccc2C1. The summed E-state index contributed by atoms with van der Waals surface area (Å²) in [5, 5.41) is 0. The number of carbonyl (C=O) groups is 1. The smallest absolute Gasteiger partial charge is 0.409 e. The van der Waals surface area contributed by atoms with Gasteiger partial charge in [0, 0.05) is 19.6 Å². The highest BCUT2D eigenvalue weighted by Gasteiger charge is 2.21. The van der Waals surface area contributed by atoms with E-state index in [2.05, 4.69) is 37.2 Å². The van der Waals surface area contributed by atoms with Gasteiger partial charge in [-0.25, -0.2) is 4.79 Å². The van der Waals surface area contributed by atoms with Crippen LogP contribution in [0, 0.1) is 0 Å². The summed E-state index contributed by atoms with van der Waals surface area (Å²) in [7, 11) is 5.56. The molecule has 4 heteroatoms. The van der Waals surface area contributed by atoms with Gasteiger partial charge in [-0.1, -0.05) is 18.2 Å². The molecule has 0 fully saturated rings. The predicted molar refractivity (Wildman–Crippen MR) is 70.4 cm³/mol. The number of nitrogens with zero attached hydrogens (tertiary/aromatic N) is 2. The molecular weight excluding hydrogens is 228 g/mol. The van der Waals surface area contributed by atoms with Crippen LogP contribution in [0.4, 0.5) is 4.79 Å². The van der Waals surface area contributed by atoms with Gasteiger partial charge >= 0.3 is 6.09 Å². The lowest BCUT2D eigenvalue weighted by molar-refractivity contribution is 0.118. The maximum absolute atomic E-state index is 11.5. The molecule has 0 N–H and O–H groups in total. The Morgan fingerprint density at radius 1 is 1.39 bits per heavy atom. The highest BCUT2D eigenvalue weighted by atomic mass is 16.5. The van der Waals surface area contributed by atoms with Gasteiger partial charge in [0.15, 0.2) is 0 Å². The molecule has 0 radical (unpaired) electrons. The average molecular weight is 248 g/mol. The van der Waals surface area contributed by atoms with E-state index in [-0.39, 0.29) is 6.09 Å². The van der Waals surface area contributed by atoms with E-state index in [0.717, 1.165) is 19.5 Å². The van der Waals surface area contributed by atoms with Gasteiger partial charge in [-0.05, 0) is 37.2 Å². The van der Waals surface area contributed by atoms with E-state index in [0.29, 0.717) is 6.54 Å². The number of ether oxygens (including phenoxy) is 1. The second kappa shape index (κ2) is 5.40. The normalized spacial score (nSPS) is 14.6. The first-order valence-corrected chi connectivity index (χ1v) is 6.18. The van der Waals surface area contributed by atoms with E-state index in [4.69, 9.17) is 4.74 Å². The maximum atomic E-state index is 11.5. The Morgan fingerprint density at radius 3 is 2.83 bits per heavy atom. The van der Waals surface area contributed by atoms with E-state index in [1.54, 1.807) is 4.90 Å². The molecule has 0 unspecified atom stereocenters. The number of carbonyl (C=O) groups excluding carboxylic acids is 1. The monoisotopic (exact) mass is 248 g/mol. The van der Waals surface area contributed by atoms with Crippen LogP contribution in [0.5, 0.6) is 0 Å². The van der Waals surface area contributed by atoms with Crippen LogP contribution in [-0.2, 0) is 24.2 Å². The van der Waals surface area contributed by atoms with Crippen molar-refractivity contribution < 1.29 is 9.53 Å². The van der Waals surface area contributed by atoms with Crippen LogP contribution in [0.25, 0.3) is 0 Å². The van der Waals surface area contributed by atoms with Crippen molar-refractivity contribution in [3.8, 4) is 0 Å². The Balaban J connectivity index is 2.13. The van der Waals surface area contributed by atoms with Crippen molar-refractivity contribution in [2.45, 2.75) is 19.5 Å². The Hall–Kier alpha value is -1.55. The lowest BCUT2D eigenvalue weighted by atomic mass is 9.97. The Kier molecular flexibility index (Phi) is 3.87. The summed E-state index contributed by atoms with van der Waals surface area (Å²) in [4.78, 5) is 15.4. The fourth-order valence-corrected chi connectivity index (χ4v) is 2.35. The van der Waals surface area contributed by atoms with Gasteiger partial charge in [0.2, 0.25) is 0 Å². The lowest BCUT2D eigenvalue weighted by Gasteiger charge is -2.28. The van der Waals surface area contributed by atoms with Crippen molar-refractivity contribution >= 4 is 6.09 Å². The van der Waals surface area contributed by atoms with Crippen molar-refractivity contribution in [1.82, 2.24) is 9.80 Å². The van der Waals surface area contributed by atoms with Gasteiger partial charge in [-0.3, -0.25) is 0 Å². The fraction of sp³-hybridized carbons (Fsp3) is 0.500. The minimum atomic E-state index is -0.238. The lowest BCUT2D eigenvalue weighted by Crippen LogP contribution is -2.35. The first-order chi connectivity index (χ1) is 8.60. The molecule has 1 amide bonds. The zero-order chi connectivity index (χ0) is 13.1. The molecule has 0 spiro atoms. The second-order valence-corrected chi connectivity index (χ2v) is 4.98. The zero-order valence-corrected chi connectivity index (χ0v) is 11.3. The molecule has 18 heavy (non-hydrogen) atoms. The molecule has 1 aromatic carbocycles. The quantitative estimate of drug-likeness (QED) is 0.801. The molecule has 1 aromatic rings. The van der Waals surface area contributed by atoms with E-state index in [1.807, 2.05) is 0 Å². The molecule has 0 aromatic heterocycles. The third-order valence-corrected chi connectivity index (χ3v) is 3.21. The minimum absolute atomic E-state index is 0.238. The highest BCUT2D eigenvalue weighted by Crippen LogP contribution is 2.21. The number of methoxy groups -OCH3 is 1. The number of rotatable bonds is 2. The number of fused-ring (bicyclic) bond motifs is 1. The van der Waals surface area contributed by atoms with Gasteiger partial charge in [0.25, 0.3) is 0 Å². The van der Waals surface area contributed by atoms with Crippen LogP contribution in [0.15, 0.2) is 18.2 Å². The van der Waals surface area contributed by atoms with Crippen molar-refractivity contribution in [2.75, 3.05) is 27.7 Å². The summed E-state index contributed by atoms with van der Waals surface area (Å²) in [6, 6.07) is 6.52. The first-order valence-electron chi connectivity index (χ1n) is 6.18. The second-order valence-electron chi connectivity index (χ2n) is 4.98. The molecule has 0 atom stereocenters. The van der Waals surface area contributed by atoms with E-state index in [1.165, 1.54) is 23.8 Å². The van der Waals surface area contributed by atoms with Gasteiger partial charge in [0.1, 0.15) is 0 Å². The summed E-state index contributed by atoms with van der Waals surface area (Å²) in [6.07, 6.45) is 0.670. The Labute approximate surface area is 108 Å². The number of amides is 1. The molecule has 0 saturated carbocycles. The van der Waals surface area contributed by atoms with Gasteiger partial charge in [0.05, 0.1) is 7.11 Å². The van der Waals surface area contributed by atoms with Crippen molar-refractivity contribution in [1.29, 1.82) is 0 Å². The molecule has 0 saturated heterocycles. The number of hydrogen-bond donors (Lipinski definition) is 0. The van der Waals surface area contributed by atoms with Crippen LogP contribution in [0.1, 0.15) is 16.7 Å². The van der Waals surface area contributed by atoms with Crippen LogP contribution in [-0.4, -0.2) is 43.6 Å². The fourth-order valence-electron chi connectivity index (χ4n) is 2.35. The third kappa shape index (κ3) is 2.82. The summed E-state index contributed by atoms with van der Waals surface area (Å²) < 4.78 is 4.76. The summed E-state index contributed by atoms with van der Waals surface area (Å²) in [6.45, 7) is 2.35. The average Bonchev–Trinajstić information content (AvgIpc) is 2.36. The zero-order valence-electron chi connectivity index (χ0n) is 11.3. The van der Waals surface area contributed by atoms with Crippen LogP contribution in [0.3, 0.4) is 0 Å². The largest absolute Gasteiger partial charge is 0.453 e. The van der Waals surface area contributed by atoms with E-state index >= 15 is 0 Å². The first kappa shape index (κ1) is 12.9.